The third kappa shape index (κ3) is 8.54. The minimum Gasteiger partial charge on any atom is -0.357 e. The third-order valence-corrected chi connectivity index (χ3v) is 4.63. The van der Waals surface area contributed by atoms with Crippen LogP contribution in [0.5, 0.6) is 0 Å². The molecule has 0 saturated heterocycles. The van der Waals surface area contributed by atoms with Crippen LogP contribution in [-0.4, -0.2) is 67.3 Å². The van der Waals surface area contributed by atoms with Gasteiger partial charge in [0, 0.05) is 38.8 Å². The summed E-state index contributed by atoms with van der Waals surface area (Å²) in [6, 6.07) is 7.49. The van der Waals surface area contributed by atoms with Crippen LogP contribution < -0.4 is 10.6 Å². The molecule has 0 aromatic heterocycles. The number of guanidine groups is 1. The maximum absolute atomic E-state index is 12.4. The van der Waals surface area contributed by atoms with E-state index in [4.69, 9.17) is 0 Å². The highest BCUT2D eigenvalue weighted by atomic mass is 16.2. The van der Waals surface area contributed by atoms with Crippen molar-refractivity contribution in [3.05, 3.63) is 35.4 Å². The Morgan fingerprint density at radius 1 is 1.00 bits per heavy atom. The quantitative estimate of drug-likeness (QED) is 0.338. The number of aliphatic imine (C=N–C) groups is 1. The van der Waals surface area contributed by atoms with Gasteiger partial charge >= 0.3 is 0 Å². The monoisotopic (exact) mass is 403 g/mol. The molecular formula is C22H37N5O2. The molecule has 0 radical (unpaired) electrons. The predicted molar refractivity (Wildman–Crippen MR) is 119 cm³/mol. The van der Waals surface area contributed by atoms with E-state index in [1.807, 2.05) is 61.9 Å². The number of unbranched alkanes of at least 4 members (excludes halogenated alkanes) is 1. The molecule has 2 N–H and O–H groups in total. The van der Waals surface area contributed by atoms with Gasteiger partial charge in [0.2, 0.25) is 5.91 Å². The Morgan fingerprint density at radius 3 is 2.21 bits per heavy atom. The van der Waals surface area contributed by atoms with Crippen LogP contribution in [0.2, 0.25) is 0 Å². The number of amides is 2. The number of carbonyl (C=O) groups excluding carboxylic acids is 2. The second-order valence-corrected chi connectivity index (χ2v) is 6.90. The Kier molecular flexibility index (Phi) is 11.5. The Morgan fingerprint density at radius 2 is 1.66 bits per heavy atom. The third-order valence-electron chi connectivity index (χ3n) is 4.63. The van der Waals surface area contributed by atoms with Crippen molar-refractivity contribution in [2.24, 2.45) is 4.99 Å². The zero-order valence-corrected chi connectivity index (χ0v) is 18.6. The van der Waals surface area contributed by atoms with Gasteiger partial charge in [-0.05, 0) is 44.9 Å². The van der Waals surface area contributed by atoms with E-state index in [0.29, 0.717) is 37.7 Å². The standard InChI is InChI=1S/C22H37N5O2/c1-6-10-15-24-21(29)19-13-11-18(12-14-19)16-25-22(23-7-2)26(5)17-20(28)27(8-3)9-4/h11-14H,6-10,15-17H2,1-5H3,(H,23,25)(H,24,29). The lowest BCUT2D eigenvalue weighted by Crippen LogP contribution is -2.45. The average molecular weight is 404 g/mol. The molecule has 0 heterocycles. The molecule has 0 bridgehead atoms. The van der Waals surface area contributed by atoms with Gasteiger partial charge in [-0.25, -0.2) is 4.99 Å². The summed E-state index contributed by atoms with van der Waals surface area (Å²) in [7, 11) is 1.87. The van der Waals surface area contributed by atoms with Crippen LogP contribution in [-0.2, 0) is 11.3 Å². The SMILES string of the molecule is CCCCNC(=O)c1ccc(CN=C(NCC)N(C)CC(=O)N(CC)CC)cc1. The molecule has 1 rings (SSSR count). The van der Waals surface area contributed by atoms with Crippen molar-refractivity contribution in [3.8, 4) is 0 Å². The lowest BCUT2D eigenvalue weighted by molar-refractivity contribution is -0.131. The summed E-state index contributed by atoms with van der Waals surface area (Å²) >= 11 is 0. The van der Waals surface area contributed by atoms with Crippen molar-refractivity contribution in [3.63, 3.8) is 0 Å². The molecule has 7 nitrogen and oxygen atoms in total. The van der Waals surface area contributed by atoms with Gasteiger partial charge in [-0.2, -0.15) is 0 Å². The van der Waals surface area contributed by atoms with E-state index in [0.717, 1.165) is 24.9 Å². The normalized spacial score (nSPS) is 11.1. The van der Waals surface area contributed by atoms with Gasteiger partial charge in [-0.1, -0.05) is 25.5 Å². The maximum atomic E-state index is 12.4. The topological polar surface area (TPSA) is 77.0 Å². The Bertz CT molecular complexity index is 654. The first-order valence-electron chi connectivity index (χ1n) is 10.6. The van der Waals surface area contributed by atoms with Gasteiger partial charge in [0.1, 0.15) is 0 Å². The number of rotatable bonds is 11. The van der Waals surface area contributed by atoms with Gasteiger partial charge in [0.05, 0.1) is 13.1 Å². The fourth-order valence-electron chi connectivity index (χ4n) is 2.83. The summed E-state index contributed by atoms with van der Waals surface area (Å²) < 4.78 is 0. The van der Waals surface area contributed by atoms with Crippen LogP contribution in [0.1, 0.15) is 56.5 Å². The molecule has 1 aromatic carbocycles. The molecule has 29 heavy (non-hydrogen) atoms. The highest BCUT2D eigenvalue weighted by Gasteiger charge is 2.15. The van der Waals surface area contributed by atoms with Crippen LogP contribution in [0.15, 0.2) is 29.3 Å². The molecular weight excluding hydrogens is 366 g/mol. The molecule has 0 aliphatic heterocycles. The van der Waals surface area contributed by atoms with E-state index in [9.17, 15) is 9.59 Å². The van der Waals surface area contributed by atoms with Crippen molar-refractivity contribution in [2.45, 2.75) is 47.1 Å². The van der Waals surface area contributed by atoms with Gasteiger partial charge in [-0.15, -0.1) is 0 Å². The molecule has 0 saturated carbocycles. The van der Waals surface area contributed by atoms with E-state index >= 15 is 0 Å². The van der Waals surface area contributed by atoms with Gasteiger partial charge in [0.25, 0.3) is 5.91 Å². The predicted octanol–water partition coefficient (Wildman–Crippen LogP) is 2.48. The Balaban J connectivity index is 2.72. The highest BCUT2D eigenvalue weighted by molar-refractivity contribution is 5.94. The maximum Gasteiger partial charge on any atom is 0.251 e. The molecule has 162 valence electrons. The van der Waals surface area contributed by atoms with Gasteiger partial charge in [-0.3, -0.25) is 9.59 Å². The van der Waals surface area contributed by atoms with Crippen molar-refractivity contribution >= 4 is 17.8 Å². The van der Waals surface area contributed by atoms with E-state index in [1.54, 1.807) is 0 Å². The lowest BCUT2D eigenvalue weighted by Gasteiger charge is -2.25. The molecule has 0 atom stereocenters. The zero-order valence-electron chi connectivity index (χ0n) is 18.6. The molecule has 0 spiro atoms. The van der Waals surface area contributed by atoms with Crippen LogP contribution >= 0.6 is 0 Å². The molecule has 0 aliphatic carbocycles. The first-order valence-corrected chi connectivity index (χ1v) is 10.6. The average Bonchev–Trinajstić information content (AvgIpc) is 2.72. The van der Waals surface area contributed by atoms with Crippen molar-refractivity contribution in [1.82, 2.24) is 20.4 Å². The second-order valence-electron chi connectivity index (χ2n) is 6.90. The fraction of sp³-hybridized carbons (Fsp3) is 0.591. The minimum absolute atomic E-state index is 0.0449. The first-order chi connectivity index (χ1) is 14.0. The van der Waals surface area contributed by atoms with Crippen molar-refractivity contribution < 1.29 is 9.59 Å². The first kappa shape index (κ1) is 24.5. The molecule has 2 amide bonds. The van der Waals surface area contributed by atoms with Crippen molar-refractivity contribution in [1.29, 1.82) is 0 Å². The summed E-state index contributed by atoms with van der Waals surface area (Å²) in [5, 5.41) is 6.15. The van der Waals surface area contributed by atoms with Gasteiger partial charge in [0.15, 0.2) is 5.96 Å². The number of hydrogen-bond acceptors (Lipinski definition) is 3. The highest BCUT2D eigenvalue weighted by Crippen LogP contribution is 2.07. The number of nitrogens with zero attached hydrogens (tertiary/aromatic N) is 3. The Hall–Kier alpha value is -2.57. The largest absolute Gasteiger partial charge is 0.357 e. The molecule has 7 heteroatoms. The fourth-order valence-corrected chi connectivity index (χ4v) is 2.83. The van der Waals surface area contributed by atoms with E-state index in [1.165, 1.54) is 0 Å². The molecule has 0 fully saturated rings. The van der Waals surface area contributed by atoms with Crippen LogP contribution in [0.3, 0.4) is 0 Å². The minimum atomic E-state index is -0.0449. The van der Waals surface area contributed by atoms with E-state index < -0.39 is 0 Å². The molecule has 0 unspecified atom stereocenters. The second kappa shape index (κ2) is 13.6. The van der Waals surface area contributed by atoms with Crippen LogP contribution in [0.25, 0.3) is 0 Å². The molecule has 1 aromatic rings. The number of benzene rings is 1. The van der Waals surface area contributed by atoms with E-state index in [-0.39, 0.29) is 18.4 Å². The number of likely N-dealkylation sites (N-methyl/N-ethyl adjacent to an activating group) is 2. The number of carbonyl (C=O) groups is 2. The summed E-state index contributed by atoms with van der Waals surface area (Å²) in [5.41, 5.74) is 1.66. The summed E-state index contributed by atoms with van der Waals surface area (Å²) in [5.74, 6) is 0.729. The zero-order chi connectivity index (χ0) is 21.6. The van der Waals surface area contributed by atoms with E-state index in [2.05, 4.69) is 22.5 Å². The van der Waals surface area contributed by atoms with Crippen LogP contribution in [0, 0.1) is 0 Å². The Labute approximate surface area is 175 Å². The van der Waals surface area contributed by atoms with Crippen LogP contribution in [0.4, 0.5) is 0 Å². The summed E-state index contributed by atoms with van der Waals surface area (Å²) in [6.45, 7) is 11.6. The smallest absolute Gasteiger partial charge is 0.251 e. The summed E-state index contributed by atoms with van der Waals surface area (Å²) in [4.78, 5) is 32.7. The molecule has 0 aliphatic rings. The lowest BCUT2D eigenvalue weighted by atomic mass is 10.1. The van der Waals surface area contributed by atoms with Crippen molar-refractivity contribution in [2.75, 3.05) is 39.8 Å². The number of hydrogen-bond donors (Lipinski definition) is 2. The van der Waals surface area contributed by atoms with Gasteiger partial charge < -0.3 is 20.4 Å². The summed E-state index contributed by atoms with van der Waals surface area (Å²) in [6.07, 6.45) is 2.04. The number of nitrogens with one attached hydrogen (secondary N) is 2.